The molecule has 8 heteroatoms. The Bertz CT molecular complexity index is 1290. The van der Waals surface area contributed by atoms with Crippen LogP contribution < -0.4 is 9.47 Å². The maximum Gasteiger partial charge on any atom is 0.257 e. The molecule has 1 N–H and O–H groups in total. The number of rotatable bonds is 7. The van der Waals surface area contributed by atoms with E-state index in [2.05, 4.69) is 16.0 Å². The van der Waals surface area contributed by atoms with Gasteiger partial charge in [-0.2, -0.15) is 0 Å². The van der Waals surface area contributed by atoms with E-state index < -0.39 is 0 Å². The van der Waals surface area contributed by atoms with Gasteiger partial charge in [0.2, 0.25) is 0 Å². The molecule has 4 aromatic rings. The summed E-state index contributed by atoms with van der Waals surface area (Å²) in [5.74, 6) is 0.956. The van der Waals surface area contributed by atoms with Crippen LogP contribution in [-0.4, -0.2) is 59.2 Å². The topological polar surface area (TPSA) is 89.6 Å². The fourth-order valence-corrected chi connectivity index (χ4v) is 4.36. The molecule has 1 aliphatic rings. The lowest BCUT2D eigenvalue weighted by Crippen LogP contribution is -2.36. The predicted octanol–water partition coefficient (Wildman–Crippen LogP) is 3.88. The van der Waals surface area contributed by atoms with Crippen LogP contribution in [0.5, 0.6) is 11.5 Å². The Kier molecular flexibility index (Phi) is 6.90. The normalized spacial score (nSPS) is 16.1. The average Bonchev–Trinajstić information content (AvgIpc) is 3.24. The molecule has 0 spiro atoms. The van der Waals surface area contributed by atoms with E-state index in [4.69, 9.17) is 19.2 Å². The minimum absolute atomic E-state index is 0.108. The summed E-state index contributed by atoms with van der Waals surface area (Å²) in [6.07, 6.45) is 4.32. The molecule has 5 rings (SSSR count). The Labute approximate surface area is 203 Å². The van der Waals surface area contributed by atoms with Crippen molar-refractivity contribution in [1.29, 1.82) is 0 Å². The second kappa shape index (κ2) is 10.6. The van der Waals surface area contributed by atoms with Gasteiger partial charge in [0, 0.05) is 42.5 Å². The van der Waals surface area contributed by atoms with Crippen LogP contribution in [0.3, 0.4) is 0 Å². The van der Waals surface area contributed by atoms with Crippen molar-refractivity contribution in [3.05, 3.63) is 83.9 Å². The molecule has 0 bridgehead atoms. The molecule has 35 heavy (non-hydrogen) atoms. The van der Waals surface area contributed by atoms with Crippen molar-refractivity contribution in [2.45, 2.75) is 13.0 Å². The van der Waals surface area contributed by atoms with Crippen LogP contribution in [0, 0.1) is 5.92 Å². The molecular weight excluding hydrogens is 444 g/mol. The fourth-order valence-electron chi connectivity index (χ4n) is 4.36. The summed E-state index contributed by atoms with van der Waals surface area (Å²) >= 11 is 0. The third-order valence-electron chi connectivity index (χ3n) is 6.11. The molecule has 1 atom stereocenters. The average molecular weight is 473 g/mol. The summed E-state index contributed by atoms with van der Waals surface area (Å²) in [5.41, 5.74) is 3.08. The van der Waals surface area contributed by atoms with Gasteiger partial charge in [-0.15, -0.1) is 0 Å². The van der Waals surface area contributed by atoms with Gasteiger partial charge in [0.1, 0.15) is 12.3 Å². The fraction of sp³-hybridized carbons (Fsp3) is 0.296. The molecule has 1 aromatic carbocycles. The van der Waals surface area contributed by atoms with Gasteiger partial charge < -0.3 is 24.1 Å². The molecule has 180 valence electrons. The number of carbonyl (C=O) groups excluding carboxylic acids is 1. The van der Waals surface area contributed by atoms with Crippen LogP contribution >= 0.6 is 0 Å². The van der Waals surface area contributed by atoms with E-state index in [0.717, 1.165) is 28.8 Å². The summed E-state index contributed by atoms with van der Waals surface area (Å²) in [5, 5.41) is 1.08. The Balaban J connectivity index is 1.34. The van der Waals surface area contributed by atoms with E-state index in [1.165, 1.54) is 0 Å². The summed E-state index contributed by atoms with van der Waals surface area (Å²) in [6, 6.07) is 17.1. The first kappa shape index (κ1) is 22.9. The Hall–Kier alpha value is -3.91. The van der Waals surface area contributed by atoms with Crippen LogP contribution in [0.4, 0.5) is 0 Å². The number of H-pyrrole nitrogens is 1. The number of ether oxygens (including phenoxy) is 3. The molecule has 0 unspecified atom stereocenters. The number of pyridine rings is 2. The number of nitrogens with zero attached hydrogens (tertiary/aromatic N) is 3. The van der Waals surface area contributed by atoms with E-state index in [9.17, 15) is 4.79 Å². The maximum absolute atomic E-state index is 13.7. The lowest BCUT2D eigenvalue weighted by Gasteiger charge is -2.25. The third-order valence-corrected chi connectivity index (χ3v) is 6.11. The van der Waals surface area contributed by atoms with Gasteiger partial charge in [-0.05, 0) is 48.9 Å². The van der Waals surface area contributed by atoms with E-state index >= 15 is 0 Å². The molecule has 3 aromatic heterocycles. The summed E-state index contributed by atoms with van der Waals surface area (Å²) < 4.78 is 17.4. The summed E-state index contributed by atoms with van der Waals surface area (Å²) in [4.78, 5) is 27.7. The van der Waals surface area contributed by atoms with E-state index in [1.54, 1.807) is 31.5 Å². The summed E-state index contributed by atoms with van der Waals surface area (Å²) in [7, 11) is 1.57. The smallest absolute Gasteiger partial charge is 0.257 e. The Morgan fingerprint density at radius 3 is 2.94 bits per heavy atom. The van der Waals surface area contributed by atoms with E-state index in [1.807, 2.05) is 41.4 Å². The molecule has 1 fully saturated rings. The van der Waals surface area contributed by atoms with Gasteiger partial charge >= 0.3 is 0 Å². The number of aromatic nitrogens is 3. The van der Waals surface area contributed by atoms with Crippen molar-refractivity contribution in [3.63, 3.8) is 0 Å². The molecule has 1 amide bonds. The number of methoxy groups -OCH3 is 1. The first-order valence-electron chi connectivity index (χ1n) is 11.7. The number of nitrogens with one attached hydrogen (secondary N) is 1. The van der Waals surface area contributed by atoms with Gasteiger partial charge in [0.05, 0.1) is 31.6 Å². The van der Waals surface area contributed by atoms with Gasteiger partial charge in [0.15, 0.2) is 11.5 Å². The van der Waals surface area contributed by atoms with Gasteiger partial charge in [0.25, 0.3) is 5.91 Å². The van der Waals surface area contributed by atoms with Crippen molar-refractivity contribution in [2.75, 3.05) is 33.4 Å². The molecule has 0 radical (unpaired) electrons. The van der Waals surface area contributed by atoms with Crippen molar-refractivity contribution in [1.82, 2.24) is 19.9 Å². The quantitative estimate of drug-likeness (QED) is 0.439. The first-order valence-corrected chi connectivity index (χ1v) is 11.7. The molecule has 0 aliphatic carbocycles. The molecule has 1 aliphatic heterocycles. The third kappa shape index (κ3) is 5.27. The molecular formula is C27H28N4O4. The Morgan fingerprint density at radius 1 is 1.14 bits per heavy atom. The van der Waals surface area contributed by atoms with Crippen molar-refractivity contribution < 1.29 is 19.0 Å². The lowest BCUT2D eigenvalue weighted by atomic mass is 10.0. The van der Waals surface area contributed by atoms with Crippen LogP contribution in [0.2, 0.25) is 0 Å². The second-order valence-electron chi connectivity index (χ2n) is 8.56. The van der Waals surface area contributed by atoms with Crippen LogP contribution in [-0.2, 0) is 17.8 Å². The number of para-hydroxylation sites is 1. The number of amides is 1. The molecule has 0 saturated carbocycles. The number of hydrogen-bond acceptors (Lipinski definition) is 6. The highest BCUT2D eigenvalue weighted by atomic mass is 16.5. The van der Waals surface area contributed by atoms with Gasteiger partial charge in [-0.3, -0.25) is 9.78 Å². The SMILES string of the molecule is COc1cccc(C(=O)N2CCOC[C@@H](Cc3ccc4cc[nH]c4n3)C2)c1OCc1ccccn1. The highest BCUT2D eigenvalue weighted by molar-refractivity contribution is 5.98. The highest BCUT2D eigenvalue weighted by Gasteiger charge is 2.27. The number of benzene rings is 1. The maximum atomic E-state index is 13.7. The lowest BCUT2D eigenvalue weighted by molar-refractivity contribution is 0.0731. The predicted molar refractivity (Wildman–Crippen MR) is 132 cm³/mol. The number of carbonyl (C=O) groups is 1. The minimum Gasteiger partial charge on any atom is -0.493 e. The summed E-state index contributed by atoms with van der Waals surface area (Å²) in [6.45, 7) is 2.38. The number of aromatic amines is 1. The molecule has 8 nitrogen and oxygen atoms in total. The van der Waals surface area contributed by atoms with Gasteiger partial charge in [-0.25, -0.2) is 4.98 Å². The van der Waals surface area contributed by atoms with Gasteiger partial charge in [-0.1, -0.05) is 12.1 Å². The largest absolute Gasteiger partial charge is 0.493 e. The van der Waals surface area contributed by atoms with Crippen LogP contribution in [0.1, 0.15) is 21.7 Å². The number of hydrogen-bond donors (Lipinski definition) is 1. The van der Waals surface area contributed by atoms with Crippen LogP contribution in [0.15, 0.2) is 67.0 Å². The monoisotopic (exact) mass is 472 g/mol. The highest BCUT2D eigenvalue weighted by Crippen LogP contribution is 2.33. The number of fused-ring (bicyclic) bond motifs is 1. The zero-order chi connectivity index (χ0) is 24.0. The van der Waals surface area contributed by atoms with Crippen LogP contribution in [0.25, 0.3) is 11.0 Å². The molecule has 1 saturated heterocycles. The minimum atomic E-state index is -0.108. The first-order chi connectivity index (χ1) is 17.2. The van der Waals surface area contributed by atoms with Crippen molar-refractivity contribution >= 4 is 16.9 Å². The zero-order valence-corrected chi connectivity index (χ0v) is 19.6. The molecule has 4 heterocycles. The van der Waals surface area contributed by atoms with Crippen molar-refractivity contribution in [3.8, 4) is 11.5 Å². The second-order valence-corrected chi connectivity index (χ2v) is 8.56. The van der Waals surface area contributed by atoms with E-state index in [-0.39, 0.29) is 18.4 Å². The standard InChI is InChI=1S/C27H28N4O4/c1-33-24-7-4-6-23(25(24)35-18-22-5-2-3-11-28-22)27(32)31-13-14-34-17-19(16-31)15-21-9-8-20-10-12-29-26(20)30-21/h2-12,19H,13-18H2,1H3,(H,29,30)/t19-/m0/s1. The zero-order valence-electron chi connectivity index (χ0n) is 19.6. The van der Waals surface area contributed by atoms with E-state index in [0.29, 0.717) is 43.4 Å². The Morgan fingerprint density at radius 2 is 2.09 bits per heavy atom. The van der Waals surface area contributed by atoms with Crippen molar-refractivity contribution in [2.24, 2.45) is 5.92 Å².